The summed E-state index contributed by atoms with van der Waals surface area (Å²) in [7, 11) is 0. The van der Waals surface area contributed by atoms with Crippen LogP contribution in [0, 0.1) is 5.92 Å². The van der Waals surface area contributed by atoms with E-state index in [4.69, 9.17) is 11.6 Å². The van der Waals surface area contributed by atoms with Gasteiger partial charge in [-0.3, -0.25) is 4.79 Å². The van der Waals surface area contributed by atoms with Crippen molar-refractivity contribution in [1.82, 2.24) is 9.88 Å². The van der Waals surface area contributed by atoms with E-state index >= 15 is 0 Å². The highest BCUT2D eigenvalue weighted by Gasteiger charge is 2.29. The maximum absolute atomic E-state index is 12.7. The second-order valence-electron chi connectivity index (χ2n) is 5.85. The number of aromatic nitrogens is 1. The lowest BCUT2D eigenvalue weighted by atomic mass is 9.91. The standard InChI is InChI=1S/C16H24ClN3O/c1-4-7-18-15-10-13(9-14(17)19-15)16(21)20-8-5-6-11(2)12(20)3/h9-12H,4-8H2,1-3H3,(H,18,19). The van der Waals surface area contributed by atoms with Gasteiger partial charge in [0.25, 0.3) is 5.91 Å². The van der Waals surface area contributed by atoms with Crippen molar-refractivity contribution in [3.63, 3.8) is 0 Å². The van der Waals surface area contributed by atoms with Crippen LogP contribution in [0.4, 0.5) is 5.82 Å². The summed E-state index contributed by atoms with van der Waals surface area (Å²) in [5, 5.41) is 3.55. The van der Waals surface area contributed by atoms with E-state index in [0.717, 1.165) is 25.9 Å². The third kappa shape index (κ3) is 3.88. The van der Waals surface area contributed by atoms with Crippen LogP contribution in [0.25, 0.3) is 0 Å². The van der Waals surface area contributed by atoms with Crippen molar-refractivity contribution in [3.05, 3.63) is 22.8 Å². The molecule has 1 aliphatic rings. The Bertz CT molecular complexity index is 506. The summed E-state index contributed by atoms with van der Waals surface area (Å²) >= 11 is 6.06. The molecule has 2 atom stereocenters. The zero-order valence-corrected chi connectivity index (χ0v) is 13.8. The molecule has 1 fully saturated rings. The molecular weight excluding hydrogens is 286 g/mol. The molecule has 0 bridgehead atoms. The number of rotatable bonds is 4. The van der Waals surface area contributed by atoms with Crippen LogP contribution in [0.15, 0.2) is 12.1 Å². The highest BCUT2D eigenvalue weighted by atomic mass is 35.5. The van der Waals surface area contributed by atoms with Crippen LogP contribution < -0.4 is 5.32 Å². The number of amides is 1. The minimum Gasteiger partial charge on any atom is -0.370 e. The van der Waals surface area contributed by atoms with Crippen molar-refractivity contribution < 1.29 is 4.79 Å². The van der Waals surface area contributed by atoms with Gasteiger partial charge in [0.1, 0.15) is 11.0 Å². The summed E-state index contributed by atoms with van der Waals surface area (Å²) in [5.74, 6) is 1.26. The molecule has 4 nitrogen and oxygen atoms in total. The molecule has 1 amide bonds. The molecule has 2 rings (SSSR count). The molecule has 1 N–H and O–H groups in total. The van der Waals surface area contributed by atoms with Gasteiger partial charge in [-0.15, -0.1) is 0 Å². The van der Waals surface area contributed by atoms with Crippen LogP contribution in [0.2, 0.25) is 5.15 Å². The first-order chi connectivity index (χ1) is 10.0. The van der Waals surface area contributed by atoms with Crippen molar-refractivity contribution in [2.45, 2.75) is 46.1 Å². The fourth-order valence-corrected chi connectivity index (χ4v) is 2.96. The lowest BCUT2D eigenvalue weighted by Gasteiger charge is -2.38. The summed E-state index contributed by atoms with van der Waals surface area (Å²) in [6.07, 6.45) is 3.25. The molecule has 2 unspecified atom stereocenters. The molecular formula is C16H24ClN3O. The van der Waals surface area contributed by atoms with Crippen LogP contribution in [-0.2, 0) is 0 Å². The van der Waals surface area contributed by atoms with Crippen molar-refractivity contribution >= 4 is 23.3 Å². The highest BCUT2D eigenvalue weighted by Crippen LogP contribution is 2.25. The van der Waals surface area contributed by atoms with Gasteiger partial charge in [-0.2, -0.15) is 0 Å². The number of carbonyl (C=O) groups excluding carboxylic acids is 1. The predicted octanol–water partition coefficient (Wildman–Crippen LogP) is 3.82. The van der Waals surface area contributed by atoms with E-state index in [1.807, 2.05) is 4.90 Å². The Kier molecular flexibility index (Phi) is 5.45. The highest BCUT2D eigenvalue weighted by molar-refractivity contribution is 6.29. The summed E-state index contributed by atoms with van der Waals surface area (Å²) in [5.41, 5.74) is 0.620. The number of anilines is 1. The first-order valence-electron chi connectivity index (χ1n) is 7.75. The fourth-order valence-electron chi connectivity index (χ4n) is 2.75. The molecule has 0 aliphatic carbocycles. The second kappa shape index (κ2) is 7.12. The molecule has 116 valence electrons. The van der Waals surface area contributed by atoms with Gasteiger partial charge in [-0.25, -0.2) is 4.98 Å². The van der Waals surface area contributed by atoms with Gasteiger partial charge >= 0.3 is 0 Å². The Morgan fingerprint density at radius 1 is 1.48 bits per heavy atom. The van der Waals surface area contributed by atoms with Gasteiger partial charge < -0.3 is 10.2 Å². The Morgan fingerprint density at radius 3 is 2.95 bits per heavy atom. The van der Waals surface area contributed by atoms with E-state index in [1.165, 1.54) is 6.42 Å². The molecule has 1 saturated heterocycles. The second-order valence-corrected chi connectivity index (χ2v) is 6.24. The number of pyridine rings is 1. The third-order valence-corrected chi connectivity index (χ3v) is 4.43. The molecule has 1 aliphatic heterocycles. The number of piperidine rings is 1. The van der Waals surface area contributed by atoms with E-state index < -0.39 is 0 Å². The van der Waals surface area contributed by atoms with Crippen LogP contribution in [0.5, 0.6) is 0 Å². The number of halogens is 1. The van der Waals surface area contributed by atoms with Gasteiger partial charge in [0.05, 0.1) is 0 Å². The number of carbonyl (C=O) groups is 1. The first-order valence-corrected chi connectivity index (χ1v) is 8.13. The van der Waals surface area contributed by atoms with E-state index in [2.05, 4.69) is 31.1 Å². The summed E-state index contributed by atoms with van der Waals surface area (Å²) < 4.78 is 0. The van der Waals surface area contributed by atoms with E-state index in [0.29, 0.717) is 22.5 Å². The Morgan fingerprint density at radius 2 is 2.24 bits per heavy atom. The summed E-state index contributed by atoms with van der Waals surface area (Å²) in [6, 6.07) is 3.73. The van der Waals surface area contributed by atoms with Gasteiger partial charge in [0, 0.05) is 24.7 Å². The topological polar surface area (TPSA) is 45.2 Å². The summed E-state index contributed by atoms with van der Waals surface area (Å²) in [4.78, 5) is 18.9. The van der Waals surface area contributed by atoms with Crippen molar-refractivity contribution in [3.8, 4) is 0 Å². The van der Waals surface area contributed by atoms with E-state index in [-0.39, 0.29) is 11.9 Å². The molecule has 0 radical (unpaired) electrons. The smallest absolute Gasteiger partial charge is 0.254 e. The van der Waals surface area contributed by atoms with Crippen LogP contribution in [0.1, 0.15) is 50.4 Å². The van der Waals surface area contributed by atoms with Gasteiger partial charge in [-0.05, 0) is 44.2 Å². The van der Waals surface area contributed by atoms with Crippen LogP contribution in [0.3, 0.4) is 0 Å². The lowest BCUT2D eigenvalue weighted by Crippen LogP contribution is -2.46. The molecule has 2 heterocycles. The Balaban J connectivity index is 2.20. The minimum absolute atomic E-state index is 0.0536. The van der Waals surface area contributed by atoms with E-state index in [9.17, 15) is 4.79 Å². The zero-order valence-electron chi connectivity index (χ0n) is 13.0. The average Bonchev–Trinajstić information content (AvgIpc) is 2.46. The maximum Gasteiger partial charge on any atom is 0.254 e. The molecule has 1 aromatic rings. The normalized spacial score (nSPS) is 22.2. The fraction of sp³-hybridized carbons (Fsp3) is 0.625. The van der Waals surface area contributed by atoms with Crippen molar-refractivity contribution in [1.29, 1.82) is 0 Å². The number of hydrogen-bond acceptors (Lipinski definition) is 3. The lowest BCUT2D eigenvalue weighted by molar-refractivity contribution is 0.0551. The Hall–Kier alpha value is -1.29. The largest absolute Gasteiger partial charge is 0.370 e. The van der Waals surface area contributed by atoms with Crippen molar-refractivity contribution in [2.24, 2.45) is 5.92 Å². The first kappa shape index (κ1) is 16.1. The Labute approximate surface area is 131 Å². The number of likely N-dealkylation sites (tertiary alicyclic amines) is 1. The SMILES string of the molecule is CCCNc1cc(C(=O)N2CCCC(C)C2C)cc(Cl)n1. The quantitative estimate of drug-likeness (QED) is 0.860. The van der Waals surface area contributed by atoms with Crippen LogP contribution >= 0.6 is 11.6 Å². The molecule has 1 aromatic heterocycles. The van der Waals surface area contributed by atoms with E-state index in [1.54, 1.807) is 12.1 Å². The van der Waals surface area contributed by atoms with Crippen LogP contribution in [-0.4, -0.2) is 34.9 Å². The average molecular weight is 310 g/mol. The molecule has 0 saturated carbocycles. The predicted molar refractivity (Wildman–Crippen MR) is 86.9 cm³/mol. The summed E-state index contributed by atoms with van der Waals surface area (Å²) in [6.45, 7) is 8.05. The third-order valence-electron chi connectivity index (χ3n) is 4.23. The molecule has 0 aromatic carbocycles. The van der Waals surface area contributed by atoms with Crippen molar-refractivity contribution in [2.75, 3.05) is 18.4 Å². The molecule has 0 spiro atoms. The van der Waals surface area contributed by atoms with Gasteiger partial charge in [0.15, 0.2) is 0 Å². The molecule has 5 heteroatoms. The molecule has 21 heavy (non-hydrogen) atoms. The monoisotopic (exact) mass is 309 g/mol. The maximum atomic E-state index is 12.7. The number of nitrogens with one attached hydrogen (secondary N) is 1. The minimum atomic E-state index is 0.0536. The number of hydrogen-bond donors (Lipinski definition) is 1. The van der Waals surface area contributed by atoms with Gasteiger partial charge in [-0.1, -0.05) is 25.4 Å². The van der Waals surface area contributed by atoms with Gasteiger partial charge in [0.2, 0.25) is 0 Å². The zero-order chi connectivity index (χ0) is 15.4. The number of nitrogens with zero attached hydrogens (tertiary/aromatic N) is 2.